The van der Waals surface area contributed by atoms with Crippen molar-refractivity contribution in [3.8, 4) is 5.69 Å². The predicted octanol–water partition coefficient (Wildman–Crippen LogP) is 3.17. The lowest BCUT2D eigenvalue weighted by Gasteiger charge is -2.09. The van der Waals surface area contributed by atoms with Crippen molar-refractivity contribution in [3.63, 3.8) is 0 Å². The van der Waals surface area contributed by atoms with Crippen LogP contribution >= 0.6 is 0 Å². The Hall–Kier alpha value is -3.94. The molecule has 0 atom stereocenters. The first-order valence-corrected chi connectivity index (χ1v) is 9.77. The van der Waals surface area contributed by atoms with Gasteiger partial charge in [-0.1, -0.05) is 24.3 Å². The van der Waals surface area contributed by atoms with Crippen LogP contribution in [0, 0.1) is 13.8 Å². The second-order valence-corrected chi connectivity index (χ2v) is 7.04. The maximum absolute atomic E-state index is 12.3. The van der Waals surface area contributed by atoms with E-state index in [1.54, 1.807) is 28.9 Å². The Morgan fingerprint density at radius 3 is 2.32 bits per heavy atom. The van der Waals surface area contributed by atoms with E-state index >= 15 is 0 Å². The van der Waals surface area contributed by atoms with Gasteiger partial charge in [-0.3, -0.25) is 14.4 Å². The number of para-hydroxylation sites is 1. The molecule has 0 spiro atoms. The molecule has 2 aromatic carbocycles. The molecule has 8 nitrogen and oxygen atoms in total. The smallest absolute Gasteiger partial charge is 0.310 e. The molecule has 8 heteroatoms. The Balaban J connectivity index is 1.57. The topological polar surface area (TPSA) is 102 Å². The zero-order valence-electron chi connectivity index (χ0n) is 17.6. The van der Waals surface area contributed by atoms with Gasteiger partial charge in [0.25, 0.3) is 5.91 Å². The van der Waals surface area contributed by atoms with Crippen LogP contribution in [0.5, 0.6) is 0 Å². The molecule has 31 heavy (non-hydrogen) atoms. The Morgan fingerprint density at radius 2 is 1.65 bits per heavy atom. The van der Waals surface area contributed by atoms with Crippen molar-refractivity contribution in [3.05, 3.63) is 71.5 Å². The van der Waals surface area contributed by atoms with E-state index < -0.39 is 18.5 Å². The van der Waals surface area contributed by atoms with Crippen molar-refractivity contribution in [2.24, 2.45) is 0 Å². The number of hydrogen-bond donors (Lipinski definition) is 2. The number of carbonyl (C=O) groups is 3. The Labute approximate surface area is 180 Å². The summed E-state index contributed by atoms with van der Waals surface area (Å²) in [6, 6.07) is 16.3. The van der Waals surface area contributed by atoms with Gasteiger partial charge in [-0.25, -0.2) is 4.68 Å². The van der Waals surface area contributed by atoms with Crippen molar-refractivity contribution in [1.82, 2.24) is 9.78 Å². The van der Waals surface area contributed by atoms with Crippen molar-refractivity contribution < 1.29 is 19.1 Å². The van der Waals surface area contributed by atoms with Gasteiger partial charge < -0.3 is 15.4 Å². The van der Waals surface area contributed by atoms with Crippen LogP contribution in [0.4, 0.5) is 11.4 Å². The van der Waals surface area contributed by atoms with Crippen molar-refractivity contribution in [2.75, 3.05) is 17.2 Å². The van der Waals surface area contributed by atoms with Gasteiger partial charge in [0.15, 0.2) is 6.61 Å². The molecule has 1 aromatic heterocycles. The van der Waals surface area contributed by atoms with Crippen LogP contribution < -0.4 is 10.6 Å². The third kappa shape index (κ3) is 5.79. The lowest BCUT2D eigenvalue weighted by Crippen LogP contribution is -2.22. The highest BCUT2D eigenvalue weighted by Crippen LogP contribution is 2.19. The molecule has 3 aromatic rings. The SMILES string of the molecule is CC(=O)Nc1cccc(NC(=O)COC(=O)Cc2c(C)nn(-c3ccccc3)c2C)c1. The Kier molecular flexibility index (Phi) is 6.81. The second-order valence-electron chi connectivity index (χ2n) is 7.04. The molecule has 2 amide bonds. The molecule has 0 radical (unpaired) electrons. The number of nitrogens with one attached hydrogen (secondary N) is 2. The number of aromatic nitrogens is 2. The van der Waals surface area contributed by atoms with Gasteiger partial charge in [0.2, 0.25) is 5.91 Å². The molecule has 0 aliphatic heterocycles. The third-order valence-corrected chi connectivity index (χ3v) is 4.59. The van der Waals surface area contributed by atoms with Gasteiger partial charge in [0, 0.05) is 29.6 Å². The average Bonchev–Trinajstić information content (AvgIpc) is 3.01. The predicted molar refractivity (Wildman–Crippen MR) is 117 cm³/mol. The lowest BCUT2D eigenvalue weighted by molar-refractivity contribution is -0.146. The second kappa shape index (κ2) is 9.71. The van der Waals surface area contributed by atoms with Crippen molar-refractivity contribution in [1.29, 1.82) is 0 Å². The lowest BCUT2D eigenvalue weighted by atomic mass is 10.1. The molecular formula is C23H24N4O4. The first-order valence-electron chi connectivity index (χ1n) is 9.77. The normalized spacial score (nSPS) is 10.4. The first-order chi connectivity index (χ1) is 14.8. The van der Waals surface area contributed by atoms with Crippen LogP contribution in [0.15, 0.2) is 54.6 Å². The summed E-state index contributed by atoms with van der Waals surface area (Å²) in [7, 11) is 0. The maximum atomic E-state index is 12.3. The van der Waals surface area contributed by atoms with Crippen LogP contribution in [0.3, 0.4) is 0 Å². The van der Waals surface area contributed by atoms with Gasteiger partial charge in [0.1, 0.15) is 0 Å². The molecule has 0 aliphatic rings. The summed E-state index contributed by atoms with van der Waals surface area (Å²) >= 11 is 0. The number of benzene rings is 2. The molecule has 160 valence electrons. The fourth-order valence-corrected chi connectivity index (χ4v) is 3.17. The number of amides is 2. The van der Waals surface area contributed by atoms with Crippen molar-refractivity contribution >= 4 is 29.2 Å². The number of carbonyl (C=O) groups excluding carboxylic acids is 3. The molecule has 0 fully saturated rings. The first kappa shape index (κ1) is 21.8. The number of esters is 1. The molecule has 0 saturated heterocycles. The zero-order valence-corrected chi connectivity index (χ0v) is 17.6. The monoisotopic (exact) mass is 420 g/mol. The minimum absolute atomic E-state index is 0.0236. The van der Waals surface area contributed by atoms with Gasteiger partial charge >= 0.3 is 5.97 Å². The van der Waals surface area contributed by atoms with E-state index in [1.807, 2.05) is 44.2 Å². The molecule has 1 heterocycles. The highest BCUT2D eigenvalue weighted by atomic mass is 16.5. The molecule has 0 saturated carbocycles. The van der Waals surface area contributed by atoms with Crippen LogP contribution in [-0.4, -0.2) is 34.2 Å². The number of anilines is 2. The Morgan fingerprint density at radius 1 is 0.968 bits per heavy atom. The van der Waals surface area contributed by atoms with E-state index in [-0.39, 0.29) is 12.3 Å². The fraction of sp³-hybridized carbons (Fsp3) is 0.217. The van der Waals surface area contributed by atoms with E-state index in [2.05, 4.69) is 15.7 Å². The van der Waals surface area contributed by atoms with Gasteiger partial charge in [0.05, 0.1) is 17.8 Å². The van der Waals surface area contributed by atoms with E-state index in [9.17, 15) is 14.4 Å². The van der Waals surface area contributed by atoms with Crippen molar-refractivity contribution in [2.45, 2.75) is 27.2 Å². The Bertz CT molecular complexity index is 1110. The summed E-state index contributed by atoms with van der Waals surface area (Å²) in [5.41, 5.74) is 4.31. The average molecular weight is 420 g/mol. The maximum Gasteiger partial charge on any atom is 0.310 e. The quantitative estimate of drug-likeness (QED) is 0.572. The number of nitrogens with zero attached hydrogens (tertiary/aromatic N) is 2. The van der Waals surface area contributed by atoms with E-state index in [0.717, 1.165) is 22.6 Å². The van der Waals surface area contributed by atoms with Gasteiger partial charge in [-0.15, -0.1) is 0 Å². The summed E-state index contributed by atoms with van der Waals surface area (Å²) in [5, 5.41) is 9.79. The van der Waals surface area contributed by atoms with Crippen LogP contribution in [0.25, 0.3) is 5.69 Å². The fourth-order valence-electron chi connectivity index (χ4n) is 3.17. The summed E-state index contributed by atoms with van der Waals surface area (Å²) in [6.45, 7) is 4.72. The molecule has 3 rings (SSSR count). The number of ether oxygens (including phenoxy) is 1. The largest absolute Gasteiger partial charge is 0.455 e. The summed E-state index contributed by atoms with van der Waals surface area (Å²) in [5.74, 6) is -1.19. The minimum Gasteiger partial charge on any atom is -0.455 e. The highest BCUT2D eigenvalue weighted by Gasteiger charge is 2.17. The molecule has 0 unspecified atom stereocenters. The zero-order chi connectivity index (χ0) is 22.4. The molecule has 0 aliphatic carbocycles. The van der Waals surface area contributed by atoms with Crippen LogP contribution in [0.2, 0.25) is 0 Å². The minimum atomic E-state index is -0.513. The summed E-state index contributed by atoms with van der Waals surface area (Å²) in [6.07, 6.45) is 0.0236. The summed E-state index contributed by atoms with van der Waals surface area (Å²) < 4.78 is 6.93. The van der Waals surface area contributed by atoms with Crippen LogP contribution in [-0.2, 0) is 25.5 Å². The van der Waals surface area contributed by atoms with E-state index in [4.69, 9.17) is 4.74 Å². The standard InChI is InChI=1S/C23H24N4O4/c1-15-21(16(2)27(26-15)20-10-5-4-6-11-20)13-23(30)31-14-22(29)25-19-9-7-8-18(12-19)24-17(3)28/h4-12H,13-14H2,1-3H3,(H,24,28)(H,25,29). The van der Waals surface area contributed by atoms with Gasteiger partial charge in [-0.05, 0) is 44.2 Å². The van der Waals surface area contributed by atoms with E-state index in [1.165, 1.54) is 6.92 Å². The highest BCUT2D eigenvalue weighted by molar-refractivity contribution is 5.94. The van der Waals surface area contributed by atoms with E-state index in [0.29, 0.717) is 11.4 Å². The number of hydrogen-bond acceptors (Lipinski definition) is 5. The molecule has 2 N–H and O–H groups in total. The molecule has 0 bridgehead atoms. The number of aryl methyl sites for hydroxylation is 1. The molecular weight excluding hydrogens is 396 g/mol. The summed E-state index contributed by atoms with van der Waals surface area (Å²) in [4.78, 5) is 35.6. The number of rotatable bonds is 7. The third-order valence-electron chi connectivity index (χ3n) is 4.59. The van der Waals surface area contributed by atoms with Crippen LogP contribution in [0.1, 0.15) is 23.9 Å². The van der Waals surface area contributed by atoms with Gasteiger partial charge in [-0.2, -0.15) is 5.10 Å².